The average Bonchev–Trinajstić information content (AvgIpc) is 3.40. The number of alkyl halides is 3. The quantitative estimate of drug-likeness (QED) is 0.781. The van der Waals surface area contributed by atoms with E-state index in [0.29, 0.717) is 12.8 Å². The van der Waals surface area contributed by atoms with Crippen molar-refractivity contribution in [2.75, 3.05) is 6.54 Å². The number of nitrogens with one attached hydrogen (secondary N) is 1. The normalized spacial score (nSPS) is 16.0. The molecule has 1 aromatic heterocycles. The summed E-state index contributed by atoms with van der Waals surface area (Å²) in [5, 5.41) is 1.14. The van der Waals surface area contributed by atoms with Gasteiger partial charge in [0.25, 0.3) is 15.7 Å². The van der Waals surface area contributed by atoms with E-state index in [1.165, 1.54) is 18.2 Å². The minimum atomic E-state index is -5.76. The number of sulfone groups is 1. The molecule has 1 aliphatic carbocycles. The molecule has 0 bridgehead atoms. The Morgan fingerprint density at radius 3 is 2.33 bits per heavy atom. The van der Waals surface area contributed by atoms with Crippen molar-refractivity contribution in [3.63, 3.8) is 0 Å². The molecule has 0 radical (unpaired) electrons. The Hall–Kier alpha value is -2.49. The molecule has 1 N–H and O–H groups in total. The van der Waals surface area contributed by atoms with Crippen LogP contribution in [0.15, 0.2) is 47.6 Å². The number of halogens is 4. The van der Waals surface area contributed by atoms with Gasteiger partial charge in [0, 0.05) is 18.2 Å². The molecule has 1 amide bonds. The Balaban J connectivity index is 1.81. The van der Waals surface area contributed by atoms with E-state index in [1.807, 2.05) is 0 Å². The fourth-order valence-electron chi connectivity index (χ4n) is 2.75. The van der Waals surface area contributed by atoms with Crippen LogP contribution in [0, 0.1) is 5.82 Å². The molecule has 1 fully saturated rings. The molecular weight excluding hydrogens is 388 g/mol. The number of amides is 1. The van der Waals surface area contributed by atoms with E-state index >= 15 is 0 Å². The van der Waals surface area contributed by atoms with Gasteiger partial charge in [0.1, 0.15) is 5.82 Å². The van der Waals surface area contributed by atoms with Crippen molar-refractivity contribution in [3.05, 3.63) is 59.5 Å². The number of carbonyl (C=O) groups excluding carboxylic acids is 1. The molecule has 2 aromatic rings. The third-order valence-corrected chi connectivity index (χ3v) is 5.92. The first-order valence-corrected chi connectivity index (χ1v) is 9.36. The summed E-state index contributed by atoms with van der Waals surface area (Å²) < 4.78 is 74.8. The van der Waals surface area contributed by atoms with E-state index in [9.17, 15) is 30.8 Å². The topological polar surface area (TPSA) is 76.1 Å². The Morgan fingerprint density at radius 1 is 1.15 bits per heavy atom. The van der Waals surface area contributed by atoms with Crippen LogP contribution in [0.2, 0.25) is 0 Å². The molecule has 27 heavy (non-hydrogen) atoms. The number of pyridine rings is 1. The highest BCUT2D eigenvalue weighted by Crippen LogP contribution is 2.47. The van der Waals surface area contributed by atoms with Crippen molar-refractivity contribution < 1.29 is 30.8 Å². The SMILES string of the molecule is O=C(NCC1(c2ccc(F)cc2)CC1)c1cccnc1S(=O)(=O)C(F)(F)F. The number of nitrogens with zero attached hydrogens (tertiary/aromatic N) is 1. The van der Waals surface area contributed by atoms with Gasteiger partial charge in [0.15, 0.2) is 5.03 Å². The third kappa shape index (κ3) is 3.66. The molecule has 0 atom stereocenters. The molecule has 0 unspecified atom stereocenters. The molecule has 0 spiro atoms. The highest BCUT2D eigenvalue weighted by atomic mass is 32.2. The van der Waals surface area contributed by atoms with Crippen molar-refractivity contribution >= 4 is 15.7 Å². The van der Waals surface area contributed by atoms with Crippen LogP contribution < -0.4 is 5.32 Å². The van der Waals surface area contributed by atoms with Crippen LogP contribution in [-0.4, -0.2) is 31.4 Å². The lowest BCUT2D eigenvalue weighted by molar-refractivity contribution is -0.0438. The van der Waals surface area contributed by atoms with Gasteiger partial charge in [0.2, 0.25) is 0 Å². The first-order valence-electron chi connectivity index (χ1n) is 7.87. The summed E-state index contributed by atoms with van der Waals surface area (Å²) in [6.07, 6.45) is 2.29. The fourth-order valence-corrected chi connectivity index (χ4v) is 3.62. The smallest absolute Gasteiger partial charge is 0.351 e. The zero-order chi connectivity index (χ0) is 19.9. The highest BCUT2D eigenvalue weighted by molar-refractivity contribution is 7.92. The lowest BCUT2D eigenvalue weighted by Gasteiger charge is -2.17. The highest BCUT2D eigenvalue weighted by Gasteiger charge is 2.50. The van der Waals surface area contributed by atoms with Crippen LogP contribution in [0.3, 0.4) is 0 Å². The third-order valence-electron chi connectivity index (χ3n) is 4.47. The van der Waals surface area contributed by atoms with E-state index in [-0.39, 0.29) is 6.54 Å². The van der Waals surface area contributed by atoms with Crippen molar-refractivity contribution in [1.29, 1.82) is 0 Å². The molecule has 5 nitrogen and oxygen atoms in total. The number of benzene rings is 1. The summed E-state index contributed by atoms with van der Waals surface area (Å²) in [5.41, 5.74) is -5.89. The summed E-state index contributed by atoms with van der Waals surface area (Å²) in [7, 11) is -5.76. The molecule has 1 heterocycles. The second-order valence-corrected chi connectivity index (χ2v) is 8.13. The van der Waals surface area contributed by atoms with Crippen molar-refractivity contribution in [2.24, 2.45) is 0 Å². The van der Waals surface area contributed by atoms with Gasteiger partial charge in [-0.1, -0.05) is 12.1 Å². The van der Waals surface area contributed by atoms with Crippen molar-refractivity contribution in [3.8, 4) is 0 Å². The van der Waals surface area contributed by atoms with Crippen LogP contribution in [0.1, 0.15) is 28.8 Å². The van der Waals surface area contributed by atoms with Gasteiger partial charge in [0.05, 0.1) is 5.56 Å². The van der Waals surface area contributed by atoms with Crippen LogP contribution in [-0.2, 0) is 15.3 Å². The van der Waals surface area contributed by atoms with Gasteiger partial charge >= 0.3 is 5.51 Å². The second-order valence-electron chi connectivity index (χ2n) is 6.28. The van der Waals surface area contributed by atoms with Crippen molar-refractivity contribution in [1.82, 2.24) is 10.3 Å². The molecule has 3 rings (SSSR count). The summed E-state index contributed by atoms with van der Waals surface area (Å²) in [4.78, 5) is 15.6. The maximum atomic E-state index is 13.1. The molecule has 144 valence electrons. The first kappa shape index (κ1) is 19.3. The van der Waals surface area contributed by atoms with Gasteiger partial charge in [-0.15, -0.1) is 0 Å². The van der Waals surface area contributed by atoms with Gasteiger partial charge in [-0.05, 0) is 42.7 Å². The molecule has 10 heteroatoms. The predicted molar refractivity (Wildman–Crippen MR) is 87.1 cm³/mol. The maximum Gasteiger partial charge on any atom is 0.503 e. The number of aromatic nitrogens is 1. The van der Waals surface area contributed by atoms with E-state index in [0.717, 1.165) is 17.8 Å². The van der Waals surface area contributed by atoms with Gasteiger partial charge in [-0.3, -0.25) is 4.79 Å². The Kier molecular flexibility index (Phi) is 4.71. The van der Waals surface area contributed by atoms with Gasteiger partial charge in [-0.2, -0.15) is 13.2 Å². The molecule has 1 aliphatic rings. The average molecular weight is 402 g/mol. The van der Waals surface area contributed by atoms with E-state index in [4.69, 9.17) is 0 Å². The molecule has 0 saturated heterocycles. The number of hydrogen-bond acceptors (Lipinski definition) is 4. The van der Waals surface area contributed by atoms with Crippen LogP contribution in [0.5, 0.6) is 0 Å². The summed E-state index contributed by atoms with van der Waals surface area (Å²) in [5.74, 6) is -1.38. The Morgan fingerprint density at radius 2 is 1.78 bits per heavy atom. The Labute approximate surface area is 152 Å². The van der Waals surface area contributed by atoms with Crippen LogP contribution >= 0.6 is 0 Å². The standard InChI is InChI=1S/C17H14F4N2O3S/c18-12-5-3-11(4-6-12)16(7-8-16)10-23-14(24)13-2-1-9-22-15(13)27(25,26)17(19,20)21/h1-6,9H,7-8,10H2,(H,23,24). The second kappa shape index (κ2) is 6.59. The Bertz CT molecular complexity index is 968. The number of carbonyl (C=O) groups is 1. The first-order chi connectivity index (χ1) is 12.6. The molecule has 1 aromatic carbocycles. The summed E-state index contributed by atoms with van der Waals surface area (Å²) in [6, 6.07) is 7.88. The predicted octanol–water partition coefficient (Wildman–Crippen LogP) is 2.98. The summed E-state index contributed by atoms with van der Waals surface area (Å²) >= 11 is 0. The number of rotatable bonds is 5. The van der Waals surface area contributed by atoms with Gasteiger partial charge in [-0.25, -0.2) is 17.8 Å². The minimum absolute atomic E-state index is 0.0812. The molecule has 0 aliphatic heterocycles. The fraction of sp³-hybridized carbons (Fsp3) is 0.294. The zero-order valence-corrected chi connectivity index (χ0v) is 14.6. The van der Waals surface area contributed by atoms with E-state index in [2.05, 4.69) is 10.3 Å². The van der Waals surface area contributed by atoms with Crippen molar-refractivity contribution in [2.45, 2.75) is 28.8 Å². The molecule has 1 saturated carbocycles. The van der Waals surface area contributed by atoms with E-state index < -0.39 is 43.1 Å². The largest absolute Gasteiger partial charge is 0.503 e. The lowest BCUT2D eigenvalue weighted by Crippen LogP contribution is -2.34. The monoisotopic (exact) mass is 402 g/mol. The number of hydrogen-bond donors (Lipinski definition) is 1. The maximum absolute atomic E-state index is 13.1. The minimum Gasteiger partial charge on any atom is -0.351 e. The van der Waals surface area contributed by atoms with Gasteiger partial charge < -0.3 is 5.32 Å². The zero-order valence-electron chi connectivity index (χ0n) is 13.8. The molecular formula is C17H14F4N2O3S. The van der Waals surface area contributed by atoms with E-state index in [1.54, 1.807) is 12.1 Å². The lowest BCUT2D eigenvalue weighted by atomic mass is 9.96. The van der Waals surface area contributed by atoms with Crippen LogP contribution in [0.25, 0.3) is 0 Å². The van der Waals surface area contributed by atoms with Crippen LogP contribution in [0.4, 0.5) is 17.6 Å². The summed E-state index contributed by atoms with van der Waals surface area (Å²) in [6.45, 7) is 0.0812.